The van der Waals surface area contributed by atoms with Gasteiger partial charge in [-0.1, -0.05) is 24.3 Å². The van der Waals surface area contributed by atoms with Crippen LogP contribution in [0, 0.1) is 0 Å². The molecule has 0 spiro atoms. The molecule has 0 heterocycles. The van der Waals surface area contributed by atoms with E-state index < -0.39 is 17.8 Å². The van der Waals surface area contributed by atoms with Crippen LogP contribution in [-0.2, 0) is 9.59 Å². The molecular formula is C24H21N3O6. The Kier molecular flexibility index (Phi) is 7.74. The molecule has 0 bridgehead atoms. The fourth-order valence-corrected chi connectivity index (χ4v) is 2.72. The van der Waals surface area contributed by atoms with E-state index in [1.54, 1.807) is 72.8 Å². The molecule has 3 aromatic carbocycles. The van der Waals surface area contributed by atoms with E-state index in [-0.39, 0.29) is 11.3 Å². The maximum absolute atomic E-state index is 12.6. The maximum atomic E-state index is 12.6. The van der Waals surface area contributed by atoms with Gasteiger partial charge in [0.05, 0.1) is 20.4 Å². The molecule has 0 fully saturated rings. The molecule has 9 nitrogen and oxygen atoms in total. The van der Waals surface area contributed by atoms with Gasteiger partial charge in [-0.25, -0.2) is 10.2 Å². The Bertz CT molecular complexity index is 1170. The molecule has 2 amide bonds. The van der Waals surface area contributed by atoms with Gasteiger partial charge in [0.15, 0.2) is 0 Å². The van der Waals surface area contributed by atoms with Crippen LogP contribution >= 0.6 is 0 Å². The zero-order valence-electron chi connectivity index (χ0n) is 17.9. The summed E-state index contributed by atoms with van der Waals surface area (Å²) in [5, 5.41) is 6.23. The number of benzene rings is 3. The lowest BCUT2D eigenvalue weighted by atomic mass is 10.2. The van der Waals surface area contributed by atoms with E-state index in [0.717, 1.165) is 0 Å². The number of carbonyl (C=O) groups excluding carboxylic acids is 3. The minimum Gasteiger partial charge on any atom is -0.497 e. The molecule has 168 valence electrons. The number of esters is 1. The SMILES string of the molecule is COc1ccc(NC(=O)C(=O)N/N=C/c2ccccc2OC(=O)c2ccccc2OC)cc1. The average molecular weight is 447 g/mol. The highest BCUT2D eigenvalue weighted by Crippen LogP contribution is 2.22. The fourth-order valence-electron chi connectivity index (χ4n) is 2.72. The number of hydrogen-bond acceptors (Lipinski definition) is 7. The number of hydrogen-bond donors (Lipinski definition) is 2. The Labute approximate surface area is 190 Å². The van der Waals surface area contributed by atoms with Gasteiger partial charge in [-0.05, 0) is 48.5 Å². The van der Waals surface area contributed by atoms with E-state index in [2.05, 4.69) is 15.8 Å². The third-order valence-electron chi connectivity index (χ3n) is 4.37. The molecule has 0 unspecified atom stereocenters. The second kappa shape index (κ2) is 11.1. The number of carbonyl (C=O) groups is 3. The Hall–Kier alpha value is -4.66. The van der Waals surface area contributed by atoms with Gasteiger partial charge in [0.1, 0.15) is 22.8 Å². The molecule has 0 aliphatic rings. The monoisotopic (exact) mass is 447 g/mol. The highest BCUT2D eigenvalue weighted by molar-refractivity contribution is 6.39. The Morgan fingerprint density at radius 2 is 1.45 bits per heavy atom. The van der Waals surface area contributed by atoms with Crippen molar-refractivity contribution in [1.29, 1.82) is 0 Å². The lowest BCUT2D eigenvalue weighted by Crippen LogP contribution is -2.32. The van der Waals surface area contributed by atoms with Crippen LogP contribution in [0.2, 0.25) is 0 Å². The first-order valence-electron chi connectivity index (χ1n) is 9.74. The van der Waals surface area contributed by atoms with Gasteiger partial charge >= 0.3 is 17.8 Å². The predicted octanol–water partition coefficient (Wildman–Crippen LogP) is 3.01. The van der Waals surface area contributed by atoms with Crippen molar-refractivity contribution < 1.29 is 28.6 Å². The topological polar surface area (TPSA) is 115 Å². The zero-order valence-corrected chi connectivity index (χ0v) is 17.9. The smallest absolute Gasteiger partial charge is 0.347 e. The molecule has 0 aromatic heterocycles. The number of hydrazone groups is 1. The van der Waals surface area contributed by atoms with E-state index in [9.17, 15) is 14.4 Å². The summed E-state index contributed by atoms with van der Waals surface area (Å²) in [6.45, 7) is 0. The first kappa shape index (κ1) is 23.0. The molecule has 0 aliphatic heterocycles. The number of amides is 2. The van der Waals surface area contributed by atoms with Gasteiger partial charge in [0, 0.05) is 11.3 Å². The summed E-state index contributed by atoms with van der Waals surface area (Å²) < 4.78 is 15.7. The number of anilines is 1. The minimum absolute atomic E-state index is 0.217. The highest BCUT2D eigenvalue weighted by Gasteiger charge is 2.16. The van der Waals surface area contributed by atoms with Crippen LogP contribution in [0.3, 0.4) is 0 Å². The summed E-state index contributed by atoms with van der Waals surface area (Å²) in [5.41, 5.74) is 3.24. The van der Waals surface area contributed by atoms with Crippen LogP contribution in [-0.4, -0.2) is 38.2 Å². The summed E-state index contributed by atoms with van der Waals surface area (Å²) in [6, 6.07) is 19.8. The van der Waals surface area contributed by atoms with E-state index in [0.29, 0.717) is 22.7 Å². The van der Waals surface area contributed by atoms with Gasteiger partial charge in [0.25, 0.3) is 0 Å². The molecule has 0 atom stereocenters. The van der Waals surface area contributed by atoms with E-state index in [1.165, 1.54) is 20.4 Å². The number of para-hydroxylation sites is 2. The van der Waals surface area contributed by atoms with Crippen molar-refractivity contribution in [3.05, 3.63) is 83.9 Å². The maximum Gasteiger partial charge on any atom is 0.347 e. The van der Waals surface area contributed by atoms with Crippen LogP contribution < -0.4 is 25.0 Å². The van der Waals surface area contributed by atoms with Crippen molar-refractivity contribution in [2.45, 2.75) is 0 Å². The zero-order chi connectivity index (χ0) is 23.6. The molecule has 0 radical (unpaired) electrons. The first-order valence-corrected chi connectivity index (χ1v) is 9.74. The summed E-state index contributed by atoms with van der Waals surface area (Å²) in [4.78, 5) is 36.6. The summed E-state index contributed by atoms with van der Waals surface area (Å²) >= 11 is 0. The molecule has 3 rings (SSSR count). The largest absolute Gasteiger partial charge is 0.497 e. The van der Waals surface area contributed by atoms with Crippen molar-refractivity contribution >= 4 is 29.7 Å². The number of nitrogens with zero attached hydrogens (tertiary/aromatic N) is 1. The first-order chi connectivity index (χ1) is 16.0. The number of nitrogens with one attached hydrogen (secondary N) is 2. The van der Waals surface area contributed by atoms with Crippen molar-refractivity contribution in [3.8, 4) is 17.2 Å². The van der Waals surface area contributed by atoms with Gasteiger partial charge in [-0.15, -0.1) is 0 Å². The van der Waals surface area contributed by atoms with Crippen LogP contribution in [0.5, 0.6) is 17.2 Å². The molecular weight excluding hydrogens is 426 g/mol. The van der Waals surface area contributed by atoms with Gasteiger partial charge < -0.3 is 19.5 Å². The number of ether oxygens (including phenoxy) is 3. The van der Waals surface area contributed by atoms with E-state index >= 15 is 0 Å². The van der Waals surface area contributed by atoms with Crippen LogP contribution in [0.25, 0.3) is 0 Å². The van der Waals surface area contributed by atoms with Crippen LogP contribution in [0.15, 0.2) is 77.9 Å². The van der Waals surface area contributed by atoms with Crippen molar-refractivity contribution in [3.63, 3.8) is 0 Å². The third-order valence-corrected chi connectivity index (χ3v) is 4.37. The summed E-state index contributed by atoms with van der Waals surface area (Å²) in [5.74, 6) is -1.26. The van der Waals surface area contributed by atoms with Crippen molar-refractivity contribution in [2.75, 3.05) is 19.5 Å². The van der Waals surface area contributed by atoms with Crippen molar-refractivity contribution in [1.82, 2.24) is 5.43 Å². The lowest BCUT2D eigenvalue weighted by molar-refractivity contribution is -0.136. The average Bonchev–Trinajstić information content (AvgIpc) is 2.85. The Morgan fingerprint density at radius 3 is 2.15 bits per heavy atom. The molecule has 9 heteroatoms. The summed E-state index contributed by atoms with van der Waals surface area (Å²) in [6.07, 6.45) is 1.27. The fraction of sp³-hybridized carbons (Fsp3) is 0.0833. The van der Waals surface area contributed by atoms with Gasteiger partial charge in [-0.2, -0.15) is 5.10 Å². The quantitative estimate of drug-likeness (QED) is 0.189. The molecule has 2 N–H and O–H groups in total. The lowest BCUT2D eigenvalue weighted by Gasteiger charge is -2.10. The van der Waals surface area contributed by atoms with E-state index in [1.807, 2.05) is 0 Å². The highest BCUT2D eigenvalue weighted by atomic mass is 16.5. The van der Waals surface area contributed by atoms with Gasteiger partial charge in [0.2, 0.25) is 0 Å². The van der Waals surface area contributed by atoms with Crippen molar-refractivity contribution in [2.24, 2.45) is 5.10 Å². The van der Waals surface area contributed by atoms with Gasteiger partial charge in [-0.3, -0.25) is 9.59 Å². The second-order valence-electron chi connectivity index (χ2n) is 6.51. The third kappa shape index (κ3) is 6.17. The van der Waals surface area contributed by atoms with Crippen LogP contribution in [0.4, 0.5) is 5.69 Å². The molecule has 33 heavy (non-hydrogen) atoms. The second-order valence-corrected chi connectivity index (χ2v) is 6.51. The normalized spacial score (nSPS) is 10.4. The standard InChI is InChI=1S/C24H21N3O6/c1-31-18-13-11-17(12-14-18)26-22(28)23(29)27-25-15-16-7-3-5-9-20(16)33-24(30)19-8-4-6-10-21(19)32-2/h3-15H,1-2H3,(H,26,28)(H,27,29)/b25-15+. The molecule has 0 saturated heterocycles. The molecule has 3 aromatic rings. The molecule has 0 aliphatic carbocycles. The minimum atomic E-state index is -0.967. The molecule has 0 saturated carbocycles. The predicted molar refractivity (Wildman–Crippen MR) is 122 cm³/mol. The number of methoxy groups -OCH3 is 2. The summed E-state index contributed by atoms with van der Waals surface area (Å²) in [7, 11) is 2.98. The number of rotatable bonds is 7. The Balaban J connectivity index is 1.62. The van der Waals surface area contributed by atoms with Crippen LogP contribution in [0.1, 0.15) is 15.9 Å². The van der Waals surface area contributed by atoms with E-state index in [4.69, 9.17) is 14.2 Å². The Morgan fingerprint density at radius 1 is 0.788 bits per heavy atom.